The van der Waals surface area contributed by atoms with Crippen LogP contribution >= 0.6 is 10.7 Å². The lowest BCUT2D eigenvalue weighted by atomic mass is 10.1. The average Bonchev–Trinajstić information content (AvgIpc) is 2.93. The van der Waals surface area contributed by atoms with E-state index < -0.39 is 9.05 Å². The molecule has 0 aliphatic carbocycles. The fraction of sp³-hybridized carbons (Fsp3) is 0.533. The number of carbonyl (C=O) groups excluding carboxylic acids is 1. The number of benzene rings is 1. The summed E-state index contributed by atoms with van der Waals surface area (Å²) >= 11 is 0. The number of amides is 1. The Kier molecular flexibility index (Phi) is 5.27. The molecule has 0 aromatic heterocycles. The molecule has 0 radical (unpaired) electrons. The Balaban J connectivity index is 1.87. The van der Waals surface area contributed by atoms with E-state index in [-0.39, 0.29) is 10.8 Å². The van der Waals surface area contributed by atoms with E-state index in [4.69, 9.17) is 10.7 Å². The molecule has 1 unspecified atom stereocenters. The molecule has 1 saturated heterocycles. The smallest absolute Gasteiger partial charge is 0.261 e. The molecule has 1 aliphatic rings. The summed E-state index contributed by atoms with van der Waals surface area (Å²) in [6.07, 6.45) is 3.31. The summed E-state index contributed by atoms with van der Waals surface area (Å²) in [4.78, 5) is 14.1. The number of rotatable bonds is 5. The van der Waals surface area contributed by atoms with Crippen LogP contribution in [0, 0.1) is 5.92 Å². The molecule has 0 spiro atoms. The van der Waals surface area contributed by atoms with Gasteiger partial charge in [-0.3, -0.25) is 4.79 Å². The summed E-state index contributed by atoms with van der Waals surface area (Å²) in [6, 6.07) is 6.37. The minimum atomic E-state index is -3.68. The second-order valence-corrected chi connectivity index (χ2v) is 8.05. The number of aryl methyl sites for hydroxylation is 1. The third-order valence-corrected chi connectivity index (χ3v) is 5.42. The summed E-state index contributed by atoms with van der Waals surface area (Å²) in [7, 11) is 1.59. The quantitative estimate of drug-likeness (QED) is 0.780. The van der Waals surface area contributed by atoms with Crippen molar-refractivity contribution >= 4 is 25.6 Å². The van der Waals surface area contributed by atoms with E-state index in [1.54, 1.807) is 12.1 Å². The second kappa shape index (κ2) is 6.79. The zero-order chi connectivity index (χ0) is 15.5. The van der Waals surface area contributed by atoms with E-state index in [2.05, 4.69) is 6.92 Å². The summed E-state index contributed by atoms with van der Waals surface area (Å²) < 4.78 is 22.3. The number of likely N-dealkylation sites (tertiary alicyclic amines) is 1. The van der Waals surface area contributed by atoms with Gasteiger partial charge in [0.25, 0.3) is 9.05 Å². The number of carbonyl (C=O) groups is 1. The van der Waals surface area contributed by atoms with Gasteiger partial charge in [-0.2, -0.15) is 0 Å². The molecule has 4 nitrogen and oxygen atoms in total. The molecule has 6 heteroatoms. The largest absolute Gasteiger partial charge is 0.342 e. The Bertz CT molecular complexity index is 598. The molecule has 0 saturated carbocycles. The van der Waals surface area contributed by atoms with Gasteiger partial charge in [0.05, 0.1) is 4.90 Å². The van der Waals surface area contributed by atoms with Gasteiger partial charge in [0.2, 0.25) is 5.91 Å². The van der Waals surface area contributed by atoms with Crippen molar-refractivity contribution in [2.45, 2.75) is 37.5 Å². The number of hydrogen-bond donors (Lipinski definition) is 0. The Morgan fingerprint density at radius 1 is 1.33 bits per heavy atom. The van der Waals surface area contributed by atoms with E-state index in [0.29, 0.717) is 18.8 Å². The molecular formula is C15H20ClNO3S. The van der Waals surface area contributed by atoms with Gasteiger partial charge in [-0.1, -0.05) is 25.5 Å². The van der Waals surface area contributed by atoms with Crippen LogP contribution in [0.5, 0.6) is 0 Å². The number of nitrogens with zero attached hydrogens (tertiary/aromatic N) is 1. The molecule has 1 aromatic rings. The number of hydrogen-bond acceptors (Lipinski definition) is 3. The van der Waals surface area contributed by atoms with Gasteiger partial charge in [0.15, 0.2) is 0 Å². The normalized spacial score (nSPS) is 19.0. The highest BCUT2D eigenvalue weighted by Gasteiger charge is 2.24. The first-order valence-electron chi connectivity index (χ1n) is 7.21. The van der Waals surface area contributed by atoms with E-state index in [0.717, 1.165) is 31.5 Å². The summed E-state index contributed by atoms with van der Waals surface area (Å²) in [5.41, 5.74) is 0.943. The Hall–Kier alpha value is -1.07. The fourth-order valence-corrected chi connectivity index (χ4v) is 3.39. The van der Waals surface area contributed by atoms with Crippen LogP contribution in [0.25, 0.3) is 0 Å². The zero-order valence-electron chi connectivity index (χ0n) is 12.1. The Labute approximate surface area is 130 Å². The molecule has 1 aromatic carbocycles. The van der Waals surface area contributed by atoms with Gasteiger partial charge in [-0.25, -0.2) is 8.42 Å². The molecule has 1 heterocycles. The SMILES string of the molecule is CCC1CCN(C(=O)CCc2ccc(S(=O)(=O)Cl)cc2)C1. The van der Waals surface area contributed by atoms with Crippen molar-refractivity contribution in [2.24, 2.45) is 5.92 Å². The van der Waals surface area contributed by atoms with Gasteiger partial charge < -0.3 is 4.90 Å². The van der Waals surface area contributed by atoms with E-state index >= 15 is 0 Å². The minimum absolute atomic E-state index is 0.0876. The molecule has 0 bridgehead atoms. The molecule has 21 heavy (non-hydrogen) atoms. The van der Waals surface area contributed by atoms with Crippen LogP contribution in [0.15, 0.2) is 29.2 Å². The maximum Gasteiger partial charge on any atom is 0.261 e. The molecular weight excluding hydrogens is 310 g/mol. The summed E-state index contributed by atoms with van der Waals surface area (Å²) in [5, 5.41) is 0. The zero-order valence-corrected chi connectivity index (χ0v) is 13.7. The summed E-state index contributed by atoms with van der Waals surface area (Å²) in [5.74, 6) is 0.821. The van der Waals surface area contributed by atoms with Crippen molar-refractivity contribution in [3.05, 3.63) is 29.8 Å². The second-order valence-electron chi connectivity index (χ2n) is 5.48. The van der Waals surface area contributed by atoms with Crippen LogP contribution in [0.1, 0.15) is 31.7 Å². The van der Waals surface area contributed by atoms with Crippen LogP contribution in [0.4, 0.5) is 0 Å². The predicted octanol–water partition coefficient (Wildman–Crippen LogP) is 2.81. The van der Waals surface area contributed by atoms with Crippen molar-refractivity contribution in [1.82, 2.24) is 4.90 Å². The van der Waals surface area contributed by atoms with Crippen LogP contribution in [0.2, 0.25) is 0 Å². The fourth-order valence-electron chi connectivity index (χ4n) is 2.62. The molecule has 1 atom stereocenters. The molecule has 116 valence electrons. The first kappa shape index (κ1) is 16.3. The first-order valence-corrected chi connectivity index (χ1v) is 9.52. The van der Waals surface area contributed by atoms with Gasteiger partial charge in [0, 0.05) is 30.2 Å². The third kappa shape index (κ3) is 4.45. The third-order valence-electron chi connectivity index (χ3n) is 4.05. The van der Waals surface area contributed by atoms with Crippen LogP contribution in [-0.2, 0) is 20.3 Å². The van der Waals surface area contributed by atoms with Crippen LogP contribution < -0.4 is 0 Å². The first-order chi connectivity index (χ1) is 9.90. The minimum Gasteiger partial charge on any atom is -0.342 e. The topological polar surface area (TPSA) is 54.5 Å². The van der Waals surface area contributed by atoms with E-state index in [1.807, 2.05) is 4.90 Å². The van der Waals surface area contributed by atoms with Gasteiger partial charge >= 0.3 is 0 Å². The van der Waals surface area contributed by atoms with Crippen molar-refractivity contribution in [1.29, 1.82) is 0 Å². The van der Waals surface area contributed by atoms with Gasteiger partial charge in [0.1, 0.15) is 0 Å². The standard InChI is InChI=1S/C15H20ClNO3S/c1-2-12-9-10-17(11-12)15(18)8-5-13-3-6-14(7-4-13)21(16,19)20/h3-4,6-7,12H,2,5,8-11H2,1H3. The van der Waals surface area contributed by atoms with E-state index in [1.165, 1.54) is 12.1 Å². The van der Waals surface area contributed by atoms with Crippen molar-refractivity contribution < 1.29 is 13.2 Å². The average molecular weight is 330 g/mol. The highest BCUT2D eigenvalue weighted by atomic mass is 35.7. The number of halogens is 1. The van der Waals surface area contributed by atoms with Gasteiger partial charge in [-0.05, 0) is 36.5 Å². The highest BCUT2D eigenvalue weighted by molar-refractivity contribution is 8.13. The lowest BCUT2D eigenvalue weighted by Gasteiger charge is -2.16. The molecule has 2 rings (SSSR count). The van der Waals surface area contributed by atoms with Crippen LogP contribution in [0.3, 0.4) is 0 Å². The van der Waals surface area contributed by atoms with E-state index in [9.17, 15) is 13.2 Å². The highest BCUT2D eigenvalue weighted by Crippen LogP contribution is 2.20. The Morgan fingerprint density at radius 2 is 2.00 bits per heavy atom. The monoisotopic (exact) mass is 329 g/mol. The predicted molar refractivity (Wildman–Crippen MR) is 82.8 cm³/mol. The van der Waals surface area contributed by atoms with Crippen molar-refractivity contribution in [3.63, 3.8) is 0 Å². The van der Waals surface area contributed by atoms with Crippen molar-refractivity contribution in [3.8, 4) is 0 Å². The van der Waals surface area contributed by atoms with Gasteiger partial charge in [-0.15, -0.1) is 0 Å². The maximum atomic E-state index is 12.1. The lowest BCUT2D eigenvalue weighted by molar-refractivity contribution is -0.130. The molecule has 1 aliphatic heterocycles. The Morgan fingerprint density at radius 3 is 2.52 bits per heavy atom. The summed E-state index contributed by atoms with van der Waals surface area (Å²) in [6.45, 7) is 3.89. The molecule has 1 fully saturated rings. The molecule has 0 N–H and O–H groups in total. The lowest BCUT2D eigenvalue weighted by Crippen LogP contribution is -2.28. The van der Waals surface area contributed by atoms with Crippen LogP contribution in [-0.4, -0.2) is 32.3 Å². The molecule has 1 amide bonds. The van der Waals surface area contributed by atoms with Crippen molar-refractivity contribution in [2.75, 3.05) is 13.1 Å². The maximum absolute atomic E-state index is 12.1.